The van der Waals surface area contributed by atoms with E-state index in [1.165, 1.54) is 6.07 Å². The molecule has 344 valence electrons. The van der Waals surface area contributed by atoms with E-state index in [-0.39, 0.29) is 54.6 Å². The average Bonchev–Trinajstić information content (AvgIpc) is 3.83. The average molecular weight is 883 g/mol. The normalized spacial score (nSPS) is 22.0. The summed E-state index contributed by atoms with van der Waals surface area (Å²) in [5.41, 5.74) is 2.31. The van der Waals surface area contributed by atoms with E-state index in [2.05, 4.69) is 35.6 Å². The number of likely N-dealkylation sites (N-methyl/N-ethyl adjacent to an activating group) is 2. The number of piperidine rings is 3. The summed E-state index contributed by atoms with van der Waals surface area (Å²) in [5, 5.41) is 19.1. The predicted molar refractivity (Wildman–Crippen MR) is 244 cm³/mol. The molecule has 1 aromatic heterocycles. The molecule has 8 rings (SSSR count). The Morgan fingerprint density at radius 3 is 2.44 bits per heavy atom. The van der Waals surface area contributed by atoms with Crippen molar-refractivity contribution in [3.8, 4) is 5.75 Å². The summed E-state index contributed by atoms with van der Waals surface area (Å²) in [7, 11) is 5.08. The zero-order valence-corrected chi connectivity index (χ0v) is 37.6. The first-order valence-corrected chi connectivity index (χ1v) is 23.1. The number of likely N-dealkylation sites (tertiary alicyclic amines) is 1. The quantitative estimate of drug-likeness (QED) is 0.160. The van der Waals surface area contributed by atoms with Crippen LogP contribution in [0.1, 0.15) is 94.3 Å². The van der Waals surface area contributed by atoms with Crippen LogP contribution in [0.3, 0.4) is 0 Å². The molecule has 4 aliphatic heterocycles. The topological polar surface area (TPSA) is 176 Å². The van der Waals surface area contributed by atoms with Gasteiger partial charge in [-0.25, -0.2) is 9.37 Å². The van der Waals surface area contributed by atoms with Crippen molar-refractivity contribution in [3.05, 3.63) is 54.0 Å². The molecule has 1 saturated carbocycles. The standard InChI is InChI=1S/C47H63FN10O6/c1-5-36-45(63)55(3)39-28-49-46(52-42(39)58(36)32-8-6-7-9-32)50-35-12-10-31(26-40(35)64-4)43(61)53-47(20-25-59)18-23-56(24-19-47)29-30-16-21-57(22-17-30)37-13-11-33(27-34(37)48)54(2)38-14-15-41(60)51-44(38)62/h10-13,26-28,30,32,36,38,59H,5-9,14-25,29H2,1-4H3,(H,53,61)(H,49,50,52)(H,51,60,62)/t36-,38?/m1/s1. The van der Waals surface area contributed by atoms with Crippen LogP contribution in [0.4, 0.5) is 38.9 Å². The fourth-order valence-corrected chi connectivity index (χ4v) is 10.6. The number of carbonyl (C=O) groups is 4. The van der Waals surface area contributed by atoms with Gasteiger partial charge in [0.2, 0.25) is 23.7 Å². The number of aliphatic hydroxyl groups is 1. The van der Waals surface area contributed by atoms with Crippen LogP contribution in [-0.4, -0.2) is 128 Å². The Labute approximate surface area is 374 Å². The third-order valence-corrected chi connectivity index (χ3v) is 14.4. The second kappa shape index (κ2) is 19.3. The number of carbonyl (C=O) groups excluding carboxylic acids is 4. The van der Waals surface area contributed by atoms with E-state index in [1.807, 2.05) is 13.0 Å². The van der Waals surface area contributed by atoms with Crippen molar-refractivity contribution in [1.29, 1.82) is 0 Å². The fraction of sp³-hybridized carbons (Fsp3) is 0.574. The molecule has 64 heavy (non-hydrogen) atoms. The summed E-state index contributed by atoms with van der Waals surface area (Å²) in [6.45, 7) is 5.95. The van der Waals surface area contributed by atoms with Gasteiger partial charge in [0.15, 0.2) is 5.82 Å². The highest BCUT2D eigenvalue weighted by Crippen LogP contribution is 2.41. The smallest absolute Gasteiger partial charge is 0.251 e. The molecule has 16 nitrogen and oxygen atoms in total. The molecule has 4 fully saturated rings. The van der Waals surface area contributed by atoms with Gasteiger partial charge in [-0.2, -0.15) is 4.98 Å². The van der Waals surface area contributed by atoms with Crippen molar-refractivity contribution < 1.29 is 33.4 Å². The Kier molecular flexibility index (Phi) is 13.6. The summed E-state index contributed by atoms with van der Waals surface area (Å²) in [4.78, 5) is 70.9. The molecule has 0 spiro atoms. The van der Waals surface area contributed by atoms with Crippen LogP contribution in [-0.2, 0) is 14.4 Å². The van der Waals surface area contributed by atoms with Crippen LogP contribution < -0.4 is 40.3 Å². The number of aliphatic hydroxyl groups excluding tert-OH is 1. The number of hydrogen-bond donors (Lipinski definition) is 4. The van der Waals surface area contributed by atoms with Gasteiger partial charge in [0.1, 0.15) is 29.3 Å². The summed E-state index contributed by atoms with van der Waals surface area (Å²) >= 11 is 0. The van der Waals surface area contributed by atoms with E-state index in [4.69, 9.17) is 9.72 Å². The number of halogens is 1. The lowest BCUT2D eigenvalue weighted by Gasteiger charge is -2.44. The molecule has 3 aromatic rings. The van der Waals surface area contributed by atoms with Gasteiger partial charge in [-0.3, -0.25) is 24.5 Å². The van der Waals surface area contributed by atoms with Crippen LogP contribution >= 0.6 is 0 Å². The summed E-state index contributed by atoms with van der Waals surface area (Å²) < 4.78 is 21.3. The van der Waals surface area contributed by atoms with Crippen molar-refractivity contribution >= 4 is 58.1 Å². The van der Waals surface area contributed by atoms with Crippen LogP contribution in [0.25, 0.3) is 0 Å². The van der Waals surface area contributed by atoms with Gasteiger partial charge in [-0.1, -0.05) is 19.8 Å². The highest BCUT2D eigenvalue weighted by atomic mass is 19.1. The van der Waals surface area contributed by atoms with E-state index in [1.54, 1.807) is 61.5 Å². The lowest BCUT2D eigenvalue weighted by molar-refractivity contribution is -0.134. The molecule has 2 atom stereocenters. The zero-order chi connectivity index (χ0) is 45.1. The largest absolute Gasteiger partial charge is 0.495 e. The molecule has 17 heteroatoms. The molecule has 4 amide bonds. The van der Waals surface area contributed by atoms with E-state index in [0.29, 0.717) is 78.0 Å². The Morgan fingerprint density at radius 2 is 1.77 bits per heavy atom. The first kappa shape index (κ1) is 45.0. The number of methoxy groups -OCH3 is 1. The molecule has 1 aliphatic carbocycles. The van der Waals surface area contributed by atoms with Crippen LogP contribution in [0.2, 0.25) is 0 Å². The molecule has 4 N–H and O–H groups in total. The summed E-state index contributed by atoms with van der Waals surface area (Å²) in [5.74, 6) is 0.867. The molecule has 5 heterocycles. The van der Waals surface area contributed by atoms with Gasteiger partial charge in [-0.15, -0.1) is 0 Å². The zero-order valence-electron chi connectivity index (χ0n) is 37.6. The number of anilines is 6. The minimum absolute atomic E-state index is 0.0441. The van der Waals surface area contributed by atoms with Gasteiger partial charge >= 0.3 is 0 Å². The number of fused-ring (bicyclic) bond motifs is 1. The number of rotatable bonds is 14. The number of hydrogen-bond acceptors (Lipinski definition) is 13. The van der Waals surface area contributed by atoms with Crippen molar-refractivity contribution in [1.82, 2.24) is 25.5 Å². The number of imide groups is 1. The SMILES string of the molecule is CC[C@@H]1C(=O)N(C)c2cnc(Nc3ccc(C(=O)NC4(CCO)CCN(CC5CCN(c6ccc(N(C)C7CCC(=O)NC7=O)cc6F)CC5)CC4)cc3OC)nc2N1C1CCCC1. The highest BCUT2D eigenvalue weighted by molar-refractivity contribution is 6.04. The van der Waals surface area contributed by atoms with E-state index < -0.39 is 11.6 Å². The Bertz CT molecular complexity index is 2210. The number of benzene rings is 2. The van der Waals surface area contributed by atoms with Crippen molar-refractivity contribution in [2.24, 2.45) is 5.92 Å². The molecule has 5 aliphatic rings. The van der Waals surface area contributed by atoms with E-state index in [0.717, 1.165) is 77.1 Å². The predicted octanol–water partition coefficient (Wildman–Crippen LogP) is 4.98. The Morgan fingerprint density at radius 1 is 1.02 bits per heavy atom. The molecule has 3 saturated heterocycles. The first-order chi connectivity index (χ1) is 30.9. The van der Waals surface area contributed by atoms with Gasteiger partial charge in [0, 0.05) is 82.7 Å². The Hall–Kier alpha value is -5.55. The highest BCUT2D eigenvalue weighted by Gasteiger charge is 2.42. The first-order valence-electron chi connectivity index (χ1n) is 23.1. The third kappa shape index (κ3) is 9.32. The Balaban J connectivity index is 0.851. The molecule has 0 bridgehead atoms. The molecule has 1 unspecified atom stereocenters. The van der Waals surface area contributed by atoms with Gasteiger partial charge in [-0.05, 0) is 100 Å². The second-order valence-electron chi connectivity index (χ2n) is 18.3. The van der Waals surface area contributed by atoms with Gasteiger partial charge in [0.25, 0.3) is 5.91 Å². The summed E-state index contributed by atoms with van der Waals surface area (Å²) in [6, 6.07) is 9.78. The van der Waals surface area contributed by atoms with Crippen molar-refractivity contribution in [3.63, 3.8) is 0 Å². The lowest BCUT2D eigenvalue weighted by Crippen LogP contribution is -2.56. The fourth-order valence-electron chi connectivity index (χ4n) is 10.6. The second-order valence-corrected chi connectivity index (χ2v) is 18.3. The maximum Gasteiger partial charge on any atom is 0.251 e. The maximum absolute atomic E-state index is 15.5. The van der Waals surface area contributed by atoms with Gasteiger partial charge < -0.3 is 45.0 Å². The van der Waals surface area contributed by atoms with Crippen molar-refractivity contribution in [2.45, 2.75) is 108 Å². The minimum atomic E-state index is -0.557. The monoisotopic (exact) mass is 882 g/mol. The molecular formula is C47H63FN10O6. The molecular weight excluding hydrogens is 820 g/mol. The number of amides is 4. The maximum atomic E-state index is 15.5. The van der Waals surface area contributed by atoms with Crippen molar-refractivity contribution in [2.75, 3.05) is 85.5 Å². The van der Waals surface area contributed by atoms with Crippen LogP contribution in [0.15, 0.2) is 42.6 Å². The van der Waals surface area contributed by atoms with E-state index in [9.17, 15) is 24.3 Å². The van der Waals surface area contributed by atoms with Gasteiger partial charge in [0.05, 0.1) is 24.7 Å². The number of aromatic nitrogens is 2. The lowest BCUT2D eigenvalue weighted by atomic mass is 9.83. The number of nitrogens with zero attached hydrogens (tertiary/aromatic N) is 7. The number of nitrogens with one attached hydrogen (secondary N) is 3. The third-order valence-electron chi connectivity index (χ3n) is 14.4. The molecule has 2 aromatic carbocycles. The van der Waals surface area contributed by atoms with Crippen LogP contribution in [0.5, 0.6) is 5.75 Å². The molecule has 0 radical (unpaired) electrons. The summed E-state index contributed by atoms with van der Waals surface area (Å²) in [6.07, 6.45) is 11.0. The van der Waals surface area contributed by atoms with Crippen LogP contribution in [0, 0.1) is 11.7 Å². The number of ether oxygens (including phenoxy) is 1. The van der Waals surface area contributed by atoms with E-state index >= 15 is 4.39 Å². The minimum Gasteiger partial charge on any atom is -0.495 e.